The molecule has 0 saturated carbocycles. The van der Waals surface area contributed by atoms with Crippen LogP contribution >= 0.6 is 0 Å². The zero-order chi connectivity index (χ0) is 15.2. The average Bonchev–Trinajstić information content (AvgIpc) is 2.49. The first-order valence-corrected chi connectivity index (χ1v) is 6.10. The molecule has 2 rings (SSSR count). The summed E-state index contributed by atoms with van der Waals surface area (Å²) in [6, 6.07) is 10.0. The van der Waals surface area contributed by atoms with Gasteiger partial charge in [-0.2, -0.15) is 5.26 Å². The Morgan fingerprint density at radius 2 is 2.14 bits per heavy atom. The molecule has 106 valence electrons. The summed E-state index contributed by atoms with van der Waals surface area (Å²) in [5.74, 6) is 0.301. The molecule has 1 heterocycles. The number of benzene rings is 1. The topological polar surface area (TPSA) is 101 Å². The van der Waals surface area contributed by atoms with Gasteiger partial charge < -0.3 is 10.1 Å². The van der Waals surface area contributed by atoms with Crippen LogP contribution in [-0.4, -0.2) is 17.0 Å². The number of aromatic nitrogens is 1. The monoisotopic (exact) mass is 284 g/mol. The SMILES string of the molecule is CNCc1ccc(Oc2ncc(C#N)cc2[N+](=O)[O-])cc1. The molecule has 1 aromatic carbocycles. The molecule has 0 spiro atoms. The number of hydrogen-bond acceptors (Lipinski definition) is 6. The van der Waals surface area contributed by atoms with Crippen molar-refractivity contribution in [1.82, 2.24) is 10.3 Å². The van der Waals surface area contributed by atoms with Gasteiger partial charge in [-0.15, -0.1) is 0 Å². The number of ether oxygens (including phenoxy) is 1. The van der Waals surface area contributed by atoms with Crippen LogP contribution in [0.2, 0.25) is 0 Å². The number of nitrogens with zero attached hydrogens (tertiary/aromatic N) is 3. The van der Waals surface area contributed by atoms with Crippen molar-refractivity contribution in [2.24, 2.45) is 0 Å². The molecule has 0 aliphatic carbocycles. The highest BCUT2D eigenvalue weighted by Gasteiger charge is 2.18. The van der Waals surface area contributed by atoms with Crippen molar-refractivity contribution in [3.05, 3.63) is 57.8 Å². The van der Waals surface area contributed by atoms with E-state index in [-0.39, 0.29) is 17.1 Å². The van der Waals surface area contributed by atoms with Crippen LogP contribution in [0.4, 0.5) is 5.69 Å². The predicted molar refractivity (Wildman–Crippen MR) is 74.9 cm³/mol. The summed E-state index contributed by atoms with van der Waals surface area (Å²) in [4.78, 5) is 14.2. The van der Waals surface area contributed by atoms with Crippen molar-refractivity contribution in [3.8, 4) is 17.7 Å². The molecule has 0 atom stereocenters. The van der Waals surface area contributed by atoms with E-state index in [4.69, 9.17) is 10.00 Å². The smallest absolute Gasteiger partial charge is 0.332 e. The average molecular weight is 284 g/mol. The third-order valence-electron chi connectivity index (χ3n) is 2.68. The normalized spacial score (nSPS) is 9.90. The third-order valence-corrected chi connectivity index (χ3v) is 2.68. The fourth-order valence-corrected chi connectivity index (χ4v) is 1.70. The fourth-order valence-electron chi connectivity index (χ4n) is 1.70. The number of rotatable bonds is 5. The van der Waals surface area contributed by atoms with E-state index in [0.717, 1.165) is 18.2 Å². The Morgan fingerprint density at radius 1 is 1.43 bits per heavy atom. The Labute approximate surface area is 121 Å². The molecular formula is C14H12N4O3. The van der Waals surface area contributed by atoms with Crippen LogP contribution in [0.15, 0.2) is 36.5 Å². The standard InChI is InChI=1S/C14H12N4O3/c1-16-8-10-2-4-12(5-3-10)21-14-13(18(19)20)6-11(7-15)9-17-14/h2-6,9,16H,8H2,1H3. The second-order valence-corrected chi connectivity index (χ2v) is 4.19. The minimum absolute atomic E-state index is 0.110. The van der Waals surface area contributed by atoms with Crippen molar-refractivity contribution in [3.63, 3.8) is 0 Å². The molecule has 1 aromatic heterocycles. The second kappa shape index (κ2) is 6.45. The Hall–Kier alpha value is -2.98. The molecule has 0 fully saturated rings. The quantitative estimate of drug-likeness (QED) is 0.668. The minimum atomic E-state index is -0.626. The van der Waals surface area contributed by atoms with E-state index in [0.29, 0.717) is 5.75 Å². The summed E-state index contributed by atoms with van der Waals surface area (Å²) in [7, 11) is 1.84. The molecule has 0 radical (unpaired) electrons. The van der Waals surface area contributed by atoms with Gasteiger partial charge in [0, 0.05) is 18.8 Å². The Morgan fingerprint density at radius 3 is 2.71 bits per heavy atom. The number of nitro groups is 1. The molecular weight excluding hydrogens is 272 g/mol. The van der Waals surface area contributed by atoms with E-state index < -0.39 is 4.92 Å². The number of pyridine rings is 1. The van der Waals surface area contributed by atoms with E-state index in [1.807, 2.05) is 19.2 Å². The van der Waals surface area contributed by atoms with Crippen LogP contribution < -0.4 is 10.1 Å². The van der Waals surface area contributed by atoms with Gasteiger partial charge in [0.2, 0.25) is 0 Å². The summed E-state index contributed by atoms with van der Waals surface area (Å²) >= 11 is 0. The lowest BCUT2D eigenvalue weighted by Crippen LogP contribution is -2.04. The second-order valence-electron chi connectivity index (χ2n) is 4.19. The van der Waals surface area contributed by atoms with E-state index in [2.05, 4.69) is 10.3 Å². The Bertz CT molecular complexity index is 692. The van der Waals surface area contributed by atoms with E-state index >= 15 is 0 Å². The Kier molecular flexibility index (Phi) is 4.43. The van der Waals surface area contributed by atoms with Crippen LogP contribution in [0, 0.1) is 21.4 Å². The first-order valence-electron chi connectivity index (χ1n) is 6.10. The maximum absolute atomic E-state index is 11.0. The summed E-state index contributed by atoms with van der Waals surface area (Å²) in [5.41, 5.74) is 0.832. The first-order chi connectivity index (χ1) is 10.1. The zero-order valence-corrected chi connectivity index (χ0v) is 11.2. The molecule has 0 aliphatic heterocycles. The molecule has 0 aliphatic rings. The molecule has 2 aromatic rings. The van der Waals surface area contributed by atoms with Gasteiger partial charge in [0.15, 0.2) is 0 Å². The summed E-state index contributed by atoms with van der Waals surface area (Å²) in [5, 5.41) is 22.8. The third kappa shape index (κ3) is 3.52. The van der Waals surface area contributed by atoms with Crippen molar-refractivity contribution in [2.45, 2.75) is 6.54 Å². The lowest BCUT2D eigenvalue weighted by molar-refractivity contribution is -0.386. The Balaban J connectivity index is 2.26. The number of nitriles is 1. The first kappa shape index (κ1) is 14.4. The van der Waals surface area contributed by atoms with Gasteiger partial charge in [0.1, 0.15) is 11.8 Å². The lowest BCUT2D eigenvalue weighted by Gasteiger charge is -2.06. The van der Waals surface area contributed by atoms with Crippen LogP contribution in [-0.2, 0) is 6.54 Å². The number of nitrogens with one attached hydrogen (secondary N) is 1. The van der Waals surface area contributed by atoms with Gasteiger partial charge in [-0.1, -0.05) is 12.1 Å². The van der Waals surface area contributed by atoms with Crippen LogP contribution in [0.3, 0.4) is 0 Å². The van der Waals surface area contributed by atoms with Gasteiger partial charge in [-0.05, 0) is 24.7 Å². The summed E-state index contributed by atoms with van der Waals surface area (Å²) in [6.07, 6.45) is 1.23. The van der Waals surface area contributed by atoms with Gasteiger partial charge in [0.05, 0.1) is 10.5 Å². The minimum Gasteiger partial charge on any atom is -0.434 e. The van der Waals surface area contributed by atoms with Gasteiger partial charge in [0.25, 0.3) is 5.88 Å². The summed E-state index contributed by atoms with van der Waals surface area (Å²) in [6.45, 7) is 0.718. The van der Waals surface area contributed by atoms with E-state index in [1.165, 1.54) is 6.20 Å². The predicted octanol–water partition coefficient (Wildman–Crippen LogP) is 2.37. The maximum atomic E-state index is 11.0. The molecule has 0 saturated heterocycles. The molecule has 1 N–H and O–H groups in total. The van der Waals surface area contributed by atoms with Crippen molar-refractivity contribution in [1.29, 1.82) is 5.26 Å². The maximum Gasteiger partial charge on any atom is 0.332 e. The highest BCUT2D eigenvalue weighted by atomic mass is 16.6. The highest BCUT2D eigenvalue weighted by Crippen LogP contribution is 2.29. The summed E-state index contributed by atoms with van der Waals surface area (Å²) < 4.78 is 5.42. The van der Waals surface area contributed by atoms with Crippen LogP contribution in [0.5, 0.6) is 11.6 Å². The van der Waals surface area contributed by atoms with Crippen LogP contribution in [0.25, 0.3) is 0 Å². The number of hydrogen-bond donors (Lipinski definition) is 1. The fraction of sp³-hybridized carbons (Fsp3) is 0.143. The lowest BCUT2D eigenvalue weighted by atomic mass is 10.2. The molecule has 0 amide bonds. The van der Waals surface area contributed by atoms with Crippen molar-refractivity contribution < 1.29 is 9.66 Å². The molecule has 7 heteroatoms. The van der Waals surface area contributed by atoms with E-state index in [9.17, 15) is 10.1 Å². The largest absolute Gasteiger partial charge is 0.434 e. The zero-order valence-electron chi connectivity index (χ0n) is 11.2. The van der Waals surface area contributed by atoms with Gasteiger partial charge in [-0.25, -0.2) is 4.98 Å². The molecule has 0 bridgehead atoms. The molecule has 7 nitrogen and oxygen atoms in total. The van der Waals surface area contributed by atoms with Crippen molar-refractivity contribution in [2.75, 3.05) is 7.05 Å². The van der Waals surface area contributed by atoms with Gasteiger partial charge in [-0.3, -0.25) is 10.1 Å². The highest BCUT2D eigenvalue weighted by molar-refractivity contribution is 5.48. The van der Waals surface area contributed by atoms with E-state index in [1.54, 1.807) is 18.2 Å². The molecule has 21 heavy (non-hydrogen) atoms. The van der Waals surface area contributed by atoms with Crippen molar-refractivity contribution >= 4 is 5.69 Å². The van der Waals surface area contributed by atoms with Gasteiger partial charge >= 0.3 is 5.69 Å². The molecule has 0 unspecified atom stereocenters. The van der Waals surface area contributed by atoms with Crippen LogP contribution in [0.1, 0.15) is 11.1 Å².